The minimum Gasteiger partial charge on any atom is -0.420 e. The van der Waals surface area contributed by atoms with Gasteiger partial charge in [-0.3, -0.25) is 0 Å². The number of hydrogen-bond donors (Lipinski definition) is 0. The first-order chi connectivity index (χ1) is 7.47. The van der Waals surface area contributed by atoms with Gasteiger partial charge in [-0.25, -0.2) is 0 Å². The molecule has 0 saturated heterocycles. The van der Waals surface area contributed by atoms with E-state index in [9.17, 15) is 0 Å². The Balaban J connectivity index is 2.35. The van der Waals surface area contributed by atoms with E-state index < -0.39 is 0 Å². The molecule has 0 unspecified atom stereocenters. The predicted molar refractivity (Wildman–Crippen MR) is 63.4 cm³/mol. The van der Waals surface area contributed by atoms with Crippen molar-refractivity contribution in [3.63, 3.8) is 0 Å². The smallest absolute Gasteiger partial charge is 0.247 e. The quantitative estimate of drug-likeness (QED) is 0.758. The highest BCUT2D eigenvalue weighted by Crippen LogP contribution is 2.25. The van der Waals surface area contributed by atoms with Crippen molar-refractivity contribution in [3.8, 4) is 11.5 Å². The van der Waals surface area contributed by atoms with Gasteiger partial charge >= 0.3 is 0 Å². The lowest BCUT2D eigenvalue weighted by Crippen LogP contribution is -2.11. The Morgan fingerprint density at radius 3 is 2.19 bits per heavy atom. The van der Waals surface area contributed by atoms with Gasteiger partial charge in [0, 0.05) is 16.0 Å². The van der Waals surface area contributed by atoms with Crippen molar-refractivity contribution < 1.29 is 4.42 Å². The average Bonchev–Trinajstić information content (AvgIpc) is 2.67. The number of rotatable bonds is 1. The number of aromatic nitrogens is 2. The Kier molecular flexibility index (Phi) is 2.72. The van der Waals surface area contributed by atoms with Crippen LogP contribution in [0.1, 0.15) is 26.7 Å². The zero-order valence-electron chi connectivity index (χ0n) is 9.49. The molecule has 0 spiro atoms. The summed E-state index contributed by atoms with van der Waals surface area (Å²) in [6, 6.07) is 7.33. The van der Waals surface area contributed by atoms with Gasteiger partial charge in [0.1, 0.15) is 0 Å². The molecule has 0 aliphatic heterocycles. The molecular formula is C12H13ClN2O. The standard InChI is InChI=1S/C12H13ClN2O/c1-12(2,3)11-15-14-10(16-11)8-4-6-9(13)7-5-8/h4-7H,1-3H3. The van der Waals surface area contributed by atoms with Crippen molar-refractivity contribution >= 4 is 11.6 Å². The van der Waals surface area contributed by atoms with Crippen LogP contribution in [0.3, 0.4) is 0 Å². The first-order valence-corrected chi connectivity index (χ1v) is 5.44. The molecule has 0 aliphatic carbocycles. The van der Waals surface area contributed by atoms with E-state index in [2.05, 4.69) is 10.2 Å². The Bertz CT molecular complexity index is 482. The molecule has 0 fully saturated rings. The Morgan fingerprint density at radius 2 is 1.69 bits per heavy atom. The molecule has 2 rings (SSSR count). The van der Waals surface area contributed by atoms with Crippen LogP contribution in [-0.4, -0.2) is 10.2 Å². The lowest BCUT2D eigenvalue weighted by molar-refractivity contribution is 0.399. The topological polar surface area (TPSA) is 38.9 Å². The van der Waals surface area contributed by atoms with Crippen molar-refractivity contribution in [2.75, 3.05) is 0 Å². The van der Waals surface area contributed by atoms with E-state index in [1.807, 2.05) is 32.9 Å². The summed E-state index contributed by atoms with van der Waals surface area (Å²) in [7, 11) is 0. The lowest BCUT2D eigenvalue weighted by atomic mass is 9.97. The van der Waals surface area contributed by atoms with Crippen LogP contribution >= 0.6 is 11.6 Å². The van der Waals surface area contributed by atoms with Crippen molar-refractivity contribution in [3.05, 3.63) is 35.2 Å². The zero-order chi connectivity index (χ0) is 11.8. The Labute approximate surface area is 99.5 Å². The molecule has 0 aliphatic rings. The van der Waals surface area contributed by atoms with E-state index in [0.29, 0.717) is 16.8 Å². The van der Waals surface area contributed by atoms with E-state index in [1.54, 1.807) is 12.1 Å². The van der Waals surface area contributed by atoms with Crippen LogP contribution in [0.2, 0.25) is 5.02 Å². The second-order valence-electron chi connectivity index (χ2n) is 4.67. The third-order valence-corrected chi connectivity index (χ3v) is 2.41. The molecule has 0 bridgehead atoms. The van der Waals surface area contributed by atoms with Crippen LogP contribution in [0.25, 0.3) is 11.5 Å². The van der Waals surface area contributed by atoms with Crippen molar-refractivity contribution in [2.24, 2.45) is 0 Å². The maximum Gasteiger partial charge on any atom is 0.247 e. The van der Waals surface area contributed by atoms with Gasteiger partial charge < -0.3 is 4.42 Å². The maximum absolute atomic E-state index is 5.81. The predicted octanol–water partition coefficient (Wildman–Crippen LogP) is 3.69. The van der Waals surface area contributed by atoms with Crippen molar-refractivity contribution in [2.45, 2.75) is 26.2 Å². The fourth-order valence-corrected chi connectivity index (χ4v) is 1.36. The minimum absolute atomic E-state index is 0.127. The summed E-state index contributed by atoms with van der Waals surface area (Å²) >= 11 is 5.81. The SMILES string of the molecule is CC(C)(C)c1nnc(-c2ccc(Cl)cc2)o1. The van der Waals surface area contributed by atoms with Gasteiger partial charge in [0.15, 0.2) is 0 Å². The van der Waals surface area contributed by atoms with Gasteiger partial charge in [-0.1, -0.05) is 32.4 Å². The van der Waals surface area contributed by atoms with Gasteiger partial charge in [-0.15, -0.1) is 10.2 Å². The normalized spacial score (nSPS) is 11.8. The summed E-state index contributed by atoms with van der Waals surface area (Å²) in [6.45, 7) is 6.10. The molecule has 0 N–H and O–H groups in total. The number of benzene rings is 1. The molecule has 0 radical (unpaired) electrons. The third-order valence-electron chi connectivity index (χ3n) is 2.16. The molecule has 84 valence electrons. The Hall–Kier alpha value is -1.35. The van der Waals surface area contributed by atoms with E-state index in [4.69, 9.17) is 16.0 Å². The van der Waals surface area contributed by atoms with Gasteiger partial charge in [0.25, 0.3) is 0 Å². The van der Waals surface area contributed by atoms with E-state index in [1.165, 1.54) is 0 Å². The Morgan fingerprint density at radius 1 is 1.06 bits per heavy atom. The molecule has 1 aromatic carbocycles. The van der Waals surface area contributed by atoms with Gasteiger partial charge in [0.2, 0.25) is 11.8 Å². The van der Waals surface area contributed by atoms with Crippen LogP contribution in [0, 0.1) is 0 Å². The molecule has 16 heavy (non-hydrogen) atoms. The van der Waals surface area contributed by atoms with E-state index in [0.717, 1.165) is 5.56 Å². The monoisotopic (exact) mass is 236 g/mol. The molecular weight excluding hydrogens is 224 g/mol. The van der Waals surface area contributed by atoms with Crippen LogP contribution in [0.15, 0.2) is 28.7 Å². The molecule has 0 saturated carbocycles. The fourth-order valence-electron chi connectivity index (χ4n) is 1.24. The summed E-state index contributed by atoms with van der Waals surface area (Å²) in [5, 5.41) is 8.75. The number of nitrogens with zero attached hydrogens (tertiary/aromatic N) is 2. The second kappa shape index (κ2) is 3.91. The summed E-state index contributed by atoms with van der Waals surface area (Å²) in [5.41, 5.74) is 0.755. The van der Waals surface area contributed by atoms with Crippen LogP contribution in [0.4, 0.5) is 0 Å². The highest BCUT2D eigenvalue weighted by molar-refractivity contribution is 6.30. The first-order valence-electron chi connectivity index (χ1n) is 5.07. The lowest BCUT2D eigenvalue weighted by Gasteiger charge is -2.10. The first kappa shape index (κ1) is 11.1. The summed E-state index contributed by atoms with van der Waals surface area (Å²) in [5.74, 6) is 1.17. The van der Waals surface area contributed by atoms with E-state index >= 15 is 0 Å². The number of hydrogen-bond acceptors (Lipinski definition) is 3. The largest absolute Gasteiger partial charge is 0.420 e. The molecule has 3 nitrogen and oxygen atoms in total. The summed E-state index contributed by atoms with van der Waals surface area (Å²) < 4.78 is 5.61. The number of halogens is 1. The maximum atomic E-state index is 5.81. The average molecular weight is 237 g/mol. The molecule has 1 heterocycles. The molecule has 0 amide bonds. The highest BCUT2D eigenvalue weighted by atomic mass is 35.5. The molecule has 0 atom stereocenters. The van der Waals surface area contributed by atoms with Crippen LogP contribution in [0.5, 0.6) is 0 Å². The van der Waals surface area contributed by atoms with Crippen molar-refractivity contribution in [1.29, 1.82) is 0 Å². The molecule has 1 aromatic heterocycles. The third kappa shape index (κ3) is 2.25. The van der Waals surface area contributed by atoms with Crippen molar-refractivity contribution in [1.82, 2.24) is 10.2 Å². The van der Waals surface area contributed by atoms with Crippen LogP contribution < -0.4 is 0 Å². The van der Waals surface area contributed by atoms with Gasteiger partial charge in [-0.2, -0.15) is 0 Å². The summed E-state index contributed by atoms with van der Waals surface area (Å²) in [4.78, 5) is 0. The van der Waals surface area contributed by atoms with Gasteiger partial charge in [0.05, 0.1) is 0 Å². The van der Waals surface area contributed by atoms with Gasteiger partial charge in [-0.05, 0) is 24.3 Å². The van der Waals surface area contributed by atoms with E-state index in [-0.39, 0.29) is 5.41 Å². The zero-order valence-corrected chi connectivity index (χ0v) is 10.2. The fraction of sp³-hybridized carbons (Fsp3) is 0.333. The second-order valence-corrected chi connectivity index (χ2v) is 5.11. The molecule has 2 aromatic rings. The minimum atomic E-state index is -0.127. The highest BCUT2D eigenvalue weighted by Gasteiger charge is 2.21. The summed E-state index contributed by atoms with van der Waals surface area (Å²) in [6.07, 6.45) is 0. The molecule has 4 heteroatoms. The van der Waals surface area contributed by atoms with Crippen LogP contribution in [-0.2, 0) is 5.41 Å².